The number of aromatic nitrogens is 2. The highest BCUT2D eigenvalue weighted by Crippen LogP contribution is 2.20. The number of nitrogens with zero attached hydrogens (tertiary/aromatic N) is 1. The van der Waals surface area contributed by atoms with Crippen LogP contribution in [0.25, 0.3) is 5.69 Å². The fraction of sp³-hybridized carbons (Fsp3) is 0.357. The maximum absolute atomic E-state index is 13.5. The Hall–Kier alpha value is -1.55. The first-order valence-corrected chi connectivity index (χ1v) is 6.83. The predicted octanol–water partition coefficient (Wildman–Crippen LogP) is 3.23. The molecule has 0 aliphatic heterocycles. The van der Waals surface area contributed by atoms with Gasteiger partial charge >= 0.3 is 0 Å². The predicted molar refractivity (Wildman–Crippen MR) is 72.6 cm³/mol. The number of H-pyrrole nitrogens is 1. The first-order chi connectivity index (χ1) is 9.16. The largest absolute Gasteiger partial charge is 0.295 e. The van der Waals surface area contributed by atoms with Crippen molar-refractivity contribution in [3.05, 3.63) is 50.7 Å². The molecule has 0 amide bonds. The van der Waals surface area contributed by atoms with Gasteiger partial charge in [-0.25, -0.2) is 9.07 Å². The molecule has 1 heterocycles. The van der Waals surface area contributed by atoms with Crippen LogP contribution in [0.5, 0.6) is 0 Å². The Morgan fingerprint density at radius 3 is 2.79 bits per heavy atom. The lowest BCUT2D eigenvalue weighted by molar-refractivity contribution is 0.624. The minimum atomic E-state index is -0.518. The third-order valence-electron chi connectivity index (χ3n) is 3.59. The van der Waals surface area contributed by atoms with Crippen LogP contribution in [0.2, 0.25) is 5.02 Å². The van der Waals surface area contributed by atoms with Gasteiger partial charge in [-0.1, -0.05) is 18.0 Å². The number of hydrogen-bond donors (Lipinski definition) is 1. The summed E-state index contributed by atoms with van der Waals surface area (Å²) in [5.41, 5.74) is 2.24. The molecule has 0 saturated heterocycles. The number of hydrogen-bond acceptors (Lipinski definition) is 1. The third-order valence-corrected chi connectivity index (χ3v) is 3.89. The molecule has 1 aromatic heterocycles. The van der Waals surface area contributed by atoms with Gasteiger partial charge in [0.15, 0.2) is 0 Å². The molecule has 1 aliphatic carbocycles. The minimum Gasteiger partial charge on any atom is -0.295 e. The number of benzene rings is 1. The number of rotatable bonds is 1. The molecule has 0 unspecified atom stereocenters. The smallest absolute Gasteiger partial charge is 0.274 e. The molecule has 19 heavy (non-hydrogen) atoms. The molecule has 3 rings (SSSR count). The number of halogens is 2. The molecule has 0 bridgehead atoms. The molecule has 1 aliphatic rings. The SMILES string of the molecule is O=c1c2c([nH]n1-c1ccc(Cl)c(F)c1)CCCCC2. The van der Waals surface area contributed by atoms with Crippen LogP contribution in [0.3, 0.4) is 0 Å². The second-order valence-corrected chi connectivity index (χ2v) is 5.28. The molecular formula is C14H14ClFN2O. The van der Waals surface area contributed by atoms with Crippen LogP contribution in [-0.2, 0) is 12.8 Å². The lowest BCUT2D eigenvalue weighted by Gasteiger charge is -2.03. The lowest BCUT2D eigenvalue weighted by atomic mass is 10.1. The summed E-state index contributed by atoms with van der Waals surface area (Å²) in [6.45, 7) is 0. The molecule has 100 valence electrons. The Labute approximate surface area is 115 Å². The Bertz CT molecular complexity index is 675. The summed E-state index contributed by atoms with van der Waals surface area (Å²) in [4.78, 5) is 12.3. The fourth-order valence-electron chi connectivity index (χ4n) is 2.57. The summed E-state index contributed by atoms with van der Waals surface area (Å²) in [5, 5.41) is 3.16. The van der Waals surface area contributed by atoms with Gasteiger partial charge in [0.25, 0.3) is 5.56 Å². The lowest BCUT2D eigenvalue weighted by Crippen LogP contribution is -2.17. The number of nitrogens with one attached hydrogen (secondary N) is 1. The van der Waals surface area contributed by atoms with Crippen LogP contribution >= 0.6 is 11.6 Å². The second kappa shape index (κ2) is 4.85. The maximum atomic E-state index is 13.5. The van der Waals surface area contributed by atoms with E-state index in [1.165, 1.54) is 16.8 Å². The van der Waals surface area contributed by atoms with Crippen molar-refractivity contribution in [2.45, 2.75) is 32.1 Å². The quantitative estimate of drug-likeness (QED) is 0.800. The molecule has 2 aromatic rings. The summed E-state index contributed by atoms with van der Waals surface area (Å²) < 4.78 is 14.9. The van der Waals surface area contributed by atoms with Crippen LogP contribution in [0.1, 0.15) is 30.5 Å². The van der Waals surface area contributed by atoms with Crippen molar-refractivity contribution in [1.82, 2.24) is 9.78 Å². The van der Waals surface area contributed by atoms with Crippen LogP contribution in [-0.4, -0.2) is 9.78 Å². The van der Waals surface area contributed by atoms with Gasteiger partial charge in [-0.3, -0.25) is 9.89 Å². The van der Waals surface area contributed by atoms with Crippen molar-refractivity contribution in [3.8, 4) is 5.69 Å². The first kappa shape index (κ1) is 12.5. The molecule has 0 fully saturated rings. The van der Waals surface area contributed by atoms with E-state index in [1.807, 2.05) is 0 Å². The fourth-order valence-corrected chi connectivity index (χ4v) is 2.69. The molecule has 3 nitrogen and oxygen atoms in total. The number of aromatic amines is 1. The molecule has 0 saturated carbocycles. The Morgan fingerprint density at radius 1 is 1.21 bits per heavy atom. The zero-order chi connectivity index (χ0) is 13.4. The van der Waals surface area contributed by atoms with E-state index in [0.29, 0.717) is 5.69 Å². The van der Waals surface area contributed by atoms with Crippen LogP contribution in [0.4, 0.5) is 4.39 Å². The summed E-state index contributed by atoms with van der Waals surface area (Å²) in [7, 11) is 0. The van der Waals surface area contributed by atoms with Crippen molar-refractivity contribution in [2.75, 3.05) is 0 Å². The van der Waals surface area contributed by atoms with Crippen molar-refractivity contribution < 1.29 is 4.39 Å². The second-order valence-electron chi connectivity index (χ2n) is 4.87. The van der Waals surface area contributed by atoms with Gasteiger partial charge in [-0.2, -0.15) is 0 Å². The van der Waals surface area contributed by atoms with E-state index in [-0.39, 0.29) is 10.6 Å². The van der Waals surface area contributed by atoms with Crippen LogP contribution < -0.4 is 5.56 Å². The minimum absolute atomic E-state index is 0.0601. The van der Waals surface area contributed by atoms with E-state index >= 15 is 0 Å². The van der Waals surface area contributed by atoms with Crippen molar-refractivity contribution >= 4 is 11.6 Å². The highest BCUT2D eigenvalue weighted by molar-refractivity contribution is 6.30. The molecule has 5 heteroatoms. The van der Waals surface area contributed by atoms with E-state index in [4.69, 9.17) is 11.6 Å². The van der Waals surface area contributed by atoms with Crippen LogP contribution in [0.15, 0.2) is 23.0 Å². The average Bonchev–Trinajstić information content (AvgIpc) is 2.59. The normalized spacial score (nSPS) is 15.1. The molecule has 1 N–H and O–H groups in total. The molecule has 0 radical (unpaired) electrons. The zero-order valence-electron chi connectivity index (χ0n) is 10.4. The van der Waals surface area contributed by atoms with Crippen LogP contribution in [0, 0.1) is 5.82 Å². The Balaban J connectivity index is 2.11. The molecular weight excluding hydrogens is 267 g/mol. The Kier molecular flexibility index (Phi) is 3.19. The highest BCUT2D eigenvalue weighted by Gasteiger charge is 2.17. The van der Waals surface area contributed by atoms with Gasteiger partial charge in [-0.15, -0.1) is 0 Å². The van der Waals surface area contributed by atoms with Gasteiger partial charge < -0.3 is 0 Å². The van der Waals surface area contributed by atoms with E-state index in [2.05, 4.69) is 5.10 Å². The summed E-state index contributed by atoms with van der Waals surface area (Å²) in [5.74, 6) is -0.518. The maximum Gasteiger partial charge on any atom is 0.274 e. The van der Waals surface area contributed by atoms with Gasteiger partial charge in [0, 0.05) is 17.3 Å². The van der Waals surface area contributed by atoms with Crippen molar-refractivity contribution in [2.24, 2.45) is 0 Å². The summed E-state index contributed by atoms with van der Waals surface area (Å²) >= 11 is 5.66. The van der Waals surface area contributed by atoms with E-state index in [1.54, 1.807) is 6.07 Å². The standard InChI is InChI=1S/C14H14ClFN2O/c15-11-7-6-9(8-12(11)16)18-14(19)10-4-2-1-3-5-13(10)17-18/h6-8,17H,1-5H2. The van der Waals surface area contributed by atoms with Crippen molar-refractivity contribution in [3.63, 3.8) is 0 Å². The van der Waals surface area contributed by atoms with E-state index < -0.39 is 5.82 Å². The van der Waals surface area contributed by atoms with Gasteiger partial charge in [0.05, 0.1) is 10.7 Å². The number of aryl methyl sites for hydroxylation is 1. The Morgan fingerprint density at radius 2 is 2.00 bits per heavy atom. The van der Waals surface area contributed by atoms with Crippen molar-refractivity contribution in [1.29, 1.82) is 0 Å². The highest BCUT2D eigenvalue weighted by atomic mass is 35.5. The summed E-state index contributed by atoms with van der Waals surface area (Å²) in [6, 6.07) is 4.38. The topological polar surface area (TPSA) is 37.8 Å². The third kappa shape index (κ3) is 2.21. The number of fused-ring (bicyclic) bond motifs is 1. The monoisotopic (exact) mass is 280 g/mol. The average molecular weight is 281 g/mol. The molecule has 0 atom stereocenters. The zero-order valence-corrected chi connectivity index (χ0v) is 11.1. The first-order valence-electron chi connectivity index (χ1n) is 6.45. The van der Waals surface area contributed by atoms with E-state index in [9.17, 15) is 9.18 Å². The molecule has 0 spiro atoms. The van der Waals surface area contributed by atoms with E-state index in [0.717, 1.165) is 43.4 Å². The molecule has 1 aromatic carbocycles. The van der Waals surface area contributed by atoms with Gasteiger partial charge in [-0.05, 0) is 37.8 Å². The van der Waals surface area contributed by atoms with Gasteiger partial charge in [0.2, 0.25) is 0 Å². The van der Waals surface area contributed by atoms with Gasteiger partial charge in [0.1, 0.15) is 5.82 Å². The summed E-state index contributed by atoms with van der Waals surface area (Å²) in [6.07, 6.45) is 4.95.